The van der Waals surface area contributed by atoms with Gasteiger partial charge in [-0.3, -0.25) is 0 Å². The van der Waals surface area contributed by atoms with Gasteiger partial charge in [0.05, 0.1) is 0 Å². The molecule has 0 aromatic heterocycles. The number of hydrogen-bond acceptors (Lipinski definition) is 4. The number of aliphatic hydroxyl groups excluding tert-OH is 1. The van der Waals surface area contributed by atoms with Crippen molar-refractivity contribution in [1.82, 2.24) is 0 Å². The van der Waals surface area contributed by atoms with E-state index in [-0.39, 0.29) is 0 Å². The van der Waals surface area contributed by atoms with Crippen LogP contribution in [-0.4, -0.2) is 22.5 Å². The number of benzene rings is 1. The quantitative estimate of drug-likeness (QED) is 0.874. The Morgan fingerprint density at radius 1 is 1.53 bits per heavy atom. The Balaban J connectivity index is 2.34. The zero-order valence-corrected chi connectivity index (χ0v) is 11.4. The van der Waals surface area contributed by atoms with E-state index in [2.05, 4.69) is 21.1 Å². The lowest BCUT2D eigenvalue weighted by Gasteiger charge is -2.20. The first-order valence-corrected chi connectivity index (χ1v) is 6.18. The van der Waals surface area contributed by atoms with Crippen LogP contribution < -0.4 is 5.73 Å². The molecule has 1 aromatic rings. The fraction of sp³-hybridized carbons (Fsp3) is 0.417. The number of halogens is 1. The van der Waals surface area contributed by atoms with E-state index in [0.717, 1.165) is 15.6 Å². The third-order valence-electron chi connectivity index (χ3n) is 2.87. The van der Waals surface area contributed by atoms with Crippen LogP contribution >= 0.6 is 15.9 Å². The topological polar surface area (TPSA) is 67.8 Å². The van der Waals surface area contributed by atoms with Crippen molar-refractivity contribution in [3.05, 3.63) is 33.8 Å². The van der Waals surface area contributed by atoms with Crippen LogP contribution in [0.15, 0.2) is 27.8 Å². The fourth-order valence-electron chi connectivity index (χ4n) is 1.68. The van der Waals surface area contributed by atoms with E-state index < -0.39 is 11.7 Å². The SMILES string of the molecule is CC1(C)ON=C(c2ccc(CN)c(Br)c2)C1O. The maximum Gasteiger partial charge on any atom is 0.163 e. The molecule has 17 heavy (non-hydrogen) atoms. The Bertz CT molecular complexity index is 472. The molecular formula is C12H15BrN2O2. The summed E-state index contributed by atoms with van der Waals surface area (Å²) in [5.41, 5.74) is 7.33. The Morgan fingerprint density at radius 2 is 2.24 bits per heavy atom. The van der Waals surface area contributed by atoms with Gasteiger partial charge in [-0.05, 0) is 25.5 Å². The normalized spacial score (nSPS) is 22.2. The summed E-state index contributed by atoms with van der Waals surface area (Å²) >= 11 is 3.45. The van der Waals surface area contributed by atoms with E-state index in [9.17, 15) is 5.11 Å². The Morgan fingerprint density at radius 3 is 2.71 bits per heavy atom. The summed E-state index contributed by atoms with van der Waals surface area (Å²) in [7, 11) is 0. The molecule has 0 radical (unpaired) electrons. The second-order valence-corrected chi connectivity index (χ2v) is 5.44. The second-order valence-electron chi connectivity index (χ2n) is 4.58. The van der Waals surface area contributed by atoms with E-state index in [1.165, 1.54) is 0 Å². The van der Waals surface area contributed by atoms with Crippen molar-refractivity contribution in [2.75, 3.05) is 0 Å². The summed E-state index contributed by atoms with van der Waals surface area (Å²) in [6, 6.07) is 5.70. The summed E-state index contributed by atoms with van der Waals surface area (Å²) in [5.74, 6) is 0. The van der Waals surface area contributed by atoms with E-state index in [1.807, 2.05) is 18.2 Å². The van der Waals surface area contributed by atoms with E-state index in [0.29, 0.717) is 12.3 Å². The highest BCUT2D eigenvalue weighted by Gasteiger charge is 2.40. The molecule has 0 bridgehead atoms. The average molecular weight is 299 g/mol. The molecule has 0 saturated carbocycles. The minimum Gasteiger partial charge on any atom is -0.386 e. The molecule has 1 aromatic carbocycles. The van der Waals surface area contributed by atoms with E-state index in [1.54, 1.807) is 13.8 Å². The van der Waals surface area contributed by atoms with Crippen molar-refractivity contribution in [1.29, 1.82) is 0 Å². The maximum absolute atomic E-state index is 10.1. The average Bonchev–Trinajstić information content (AvgIpc) is 2.54. The van der Waals surface area contributed by atoms with Crippen LogP contribution in [0.3, 0.4) is 0 Å². The number of hydrogen-bond donors (Lipinski definition) is 2. The summed E-state index contributed by atoms with van der Waals surface area (Å²) in [6.45, 7) is 4.08. The predicted molar refractivity (Wildman–Crippen MR) is 69.7 cm³/mol. The van der Waals surface area contributed by atoms with Gasteiger partial charge in [0, 0.05) is 16.6 Å². The van der Waals surface area contributed by atoms with Gasteiger partial charge in [-0.1, -0.05) is 33.2 Å². The van der Waals surface area contributed by atoms with Crippen molar-refractivity contribution >= 4 is 21.6 Å². The third-order valence-corrected chi connectivity index (χ3v) is 3.60. The van der Waals surface area contributed by atoms with Gasteiger partial charge in [0.15, 0.2) is 5.60 Å². The van der Waals surface area contributed by atoms with Gasteiger partial charge in [-0.15, -0.1) is 0 Å². The standard InChI is InChI=1S/C12H15BrN2O2/c1-12(2)11(16)10(15-17-12)7-3-4-8(6-14)9(13)5-7/h3-5,11,16H,6,14H2,1-2H3. The van der Waals surface area contributed by atoms with Crippen LogP contribution in [0.5, 0.6) is 0 Å². The van der Waals surface area contributed by atoms with Crippen molar-refractivity contribution in [2.45, 2.75) is 32.1 Å². The molecule has 0 fully saturated rings. The molecule has 1 unspecified atom stereocenters. The van der Waals surface area contributed by atoms with Crippen LogP contribution in [0.2, 0.25) is 0 Å². The summed E-state index contributed by atoms with van der Waals surface area (Å²) < 4.78 is 0.914. The zero-order valence-electron chi connectivity index (χ0n) is 9.77. The lowest BCUT2D eigenvalue weighted by atomic mass is 9.94. The molecule has 92 valence electrons. The van der Waals surface area contributed by atoms with Crippen molar-refractivity contribution in [3.63, 3.8) is 0 Å². The summed E-state index contributed by atoms with van der Waals surface area (Å²) in [6.07, 6.45) is -0.724. The number of rotatable bonds is 2. The van der Waals surface area contributed by atoms with Gasteiger partial charge in [0.1, 0.15) is 11.8 Å². The molecule has 0 saturated heterocycles. The lowest BCUT2D eigenvalue weighted by molar-refractivity contribution is -0.0476. The molecule has 1 aliphatic rings. The monoisotopic (exact) mass is 298 g/mol. The van der Waals surface area contributed by atoms with Gasteiger partial charge < -0.3 is 15.7 Å². The predicted octanol–water partition coefficient (Wildman–Crippen LogP) is 1.78. The molecule has 0 aliphatic carbocycles. The molecule has 1 aliphatic heterocycles. The van der Waals surface area contributed by atoms with Crippen LogP contribution in [0.4, 0.5) is 0 Å². The molecule has 3 N–H and O–H groups in total. The number of oxime groups is 1. The Kier molecular flexibility index (Phi) is 3.25. The molecule has 5 heteroatoms. The molecule has 0 spiro atoms. The molecule has 4 nitrogen and oxygen atoms in total. The van der Waals surface area contributed by atoms with Crippen LogP contribution in [0.25, 0.3) is 0 Å². The van der Waals surface area contributed by atoms with Crippen molar-refractivity contribution < 1.29 is 9.94 Å². The van der Waals surface area contributed by atoms with Crippen LogP contribution in [0.1, 0.15) is 25.0 Å². The summed E-state index contributed by atoms with van der Waals surface area (Å²) in [5, 5.41) is 14.0. The van der Waals surface area contributed by atoms with Gasteiger partial charge in [-0.2, -0.15) is 0 Å². The van der Waals surface area contributed by atoms with Gasteiger partial charge in [0.2, 0.25) is 0 Å². The van der Waals surface area contributed by atoms with Crippen molar-refractivity contribution in [2.24, 2.45) is 10.9 Å². The number of nitrogens with zero attached hydrogens (tertiary/aromatic N) is 1. The van der Waals surface area contributed by atoms with Gasteiger partial charge in [-0.25, -0.2) is 0 Å². The van der Waals surface area contributed by atoms with Crippen LogP contribution in [0, 0.1) is 0 Å². The van der Waals surface area contributed by atoms with Gasteiger partial charge in [0.25, 0.3) is 0 Å². The summed E-state index contributed by atoms with van der Waals surface area (Å²) in [4.78, 5) is 5.21. The molecule has 1 heterocycles. The first kappa shape index (κ1) is 12.5. The lowest BCUT2D eigenvalue weighted by Crippen LogP contribution is -2.38. The van der Waals surface area contributed by atoms with Crippen molar-refractivity contribution in [3.8, 4) is 0 Å². The van der Waals surface area contributed by atoms with Crippen LogP contribution in [-0.2, 0) is 11.4 Å². The highest BCUT2D eigenvalue weighted by atomic mass is 79.9. The minimum atomic E-state index is -0.724. The molecule has 1 atom stereocenters. The second kappa shape index (κ2) is 4.40. The zero-order chi connectivity index (χ0) is 12.6. The highest BCUT2D eigenvalue weighted by molar-refractivity contribution is 9.10. The number of aliphatic hydroxyl groups is 1. The first-order valence-electron chi connectivity index (χ1n) is 5.38. The number of nitrogens with two attached hydrogens (primary N) is 1. The molecule has 2 rings (SSSR count). The maximum atomic E-state index is 10.1. The van der Waals surface area contributed by atoms with E-state index >= 15 is 0 Å². The largest absolute Gasteiger partial charge is 0.386 e. The smallest absolute Gasteiger partial charge is 0.163 e. The minimum absolute atomic E-state index is 0.470. The Hall–Kier alpha value is -0.910. The fourth-order valence-corrected chi connectivity index (χ4v) is 2.22. The molecule has 0 amide bonds. The highest BCUT2D eigenvalue weighted by Crippen LogP contribution is 2.28. The Labute approximate surface area is 109 Å². The van der Waals surface area contributed by atoms with E-state index in [4.69, 9.17) is 10.6 Å². The third kappa shape index (κ3) is 2.22. The first-order chi connectivity index (χ1) is 7.95. The van der Waals surface area contributed by atoms with Gasteiger partial charge >= 0.3 is 0 Å². The molecular weight excluding hydrogens is 284 g/mol.